The van der Waals surface area contributed by atoms with Crippen LogP contribution in [0.4, 0.5) is 4.39 Å². The fourth-order valence-electron chi connectivity index (χ4n) is 5.58. The van der Waals surface area contributed by atoms with Gasteiger partial charge in [0, 0.05) is 43.2 Å². The molecule has 0 bridgehead atoms. The quantitative estimate of drug-likeness (QED) is 0.288. The molecule has 0 spiro atoms. The van der Waals surface area contributed by atoms with Crippen molar-refractivity contribution in [2.75, 3.05) is 39.3 Å². The predicted octanol–water partition coefficient (Wildman–Crippen LogP) is 6.79. The van der Waals surface area contributed by atoms with E-state index in [-0.39, 0.29) is 5.82 Å². The van der Waals surface area contributed by atoms with E-state index >= 15 is 0 Å². The van der Waals surface area contributed by atoms with Crippen LogP contribution in [0.25, 0.3) is 0 Å². The van der Waals surface area contributed by atoms with Crippen LogP contribution in [0, 0.1) is 17.7 Å². The van der Waals surface area contributed by atoms with Gasteiger partial charge in [0.25, 0.3) is 0 Å². The molecule has 3 heterocycles. The third-order valence-corrected chi connectivity index (χ3v) is 8.77. The van der Waals surface area contributed by atoms with Crippen molar-refractivity contribution in [1.29, 1.82) is 0 Å². The average molecular weight is 558 g/mol. The first kappa shape index (κ1) is 25.1. The van der Waals surface area contributed by atoms with E-state index in [2.05, 4.69) is 66.8 Å². The molecule has 2 saturated heterocycles. The number of hydrogen-bond acceptors (Lipinski definition) is 4. The van der Waals surface area contributed by atoms with E-state index in [1.54, 1.807) is 0 Å². The fraction of sp³-hybridized carbons (Fsp3) is 0.448. The van der Waals surface area contributed by atoms with Gasteiger partial charge in [-0.3, -0.25) is 4.90 Å². The standard InChI is InChI=1S/C29H34BrFN2OS/c30-27-5-1-22(2-6-27)15-33-17-26(29(18-33)25-11-14-35-21-25)16-32-12-9-24(10-13-32)20-34-19-23-3-7-28(31)8-4-23/h1-8,11,14,21,24,26,29H,9-10,12-13,15-20H2. The Morgan fingerprint density at radius 3 is 2.37 bits per heavy atom. The summed E-state index contributed by atoms with van der Waals surface area (Å²) in [6, 6.07) is 17.7. The predicted molar refractivity (Wildman–Crippen MR) is 145 cm³/mol. The van der Waals surface area contributed by atoms with Crippen LogP contribution in [0.5, 0.6) is 0 Å². The highest BCUT2D eigenvalue weighted by molar-refractivity contribution is 9.10. The van der Waals surface area contributed by atoms with Crippen molar-refractivity contribution >= 4 is 27.3 Å². The van der Waals surface area contributed by atoms with Crippen molar-refractivity contribution in [3.63, 3.8) is 0 Å². The molecule has 2 unspecified atom stereocenters. The molecule has 3 aromatic rings. The number of nitrogens with zero attached hydrogens (tertiary/aromatic N) is 2. The number of likely N-dealkylation sites (tertiary alicyclic amines) is 2. The molecule has 2 atom stereocenters. The minimum absolute atomic E-state index is 0.193. The third kappa shape index (κ3) is 7.01. The second-order valence-corrected chi connectivity index (χ2v) is 11.8. The second-order valence-electron chi connectivity index (χ2n) is 10.1. The zero-order valence-corrected chi connectivity index (χ0v) is 22.5. The van der Waals surface area contributed by atoms with Gasteiger partial charge in [0.1, 0.15) is 5.82 Å². The van der Waals surface area contributed by atoms with Crippen molar-refractivity contribution in [3.05, 3.63) is 92.3 Å². The summed E-state index contributed by atoms with van der Waals surface area (Å²) in [6.07, 6.45) is 2.39. The highest BCUT2D eigenvalue weighted by Crippen LogP contribution is 2.36. The summed E-state index contributed by atoms with van der Waals surface area (Å²) in [5.74, 6) is 1.72. The van der Waals surface area contributed by atoms with Crippen LogP contribution in [-0.4, -0.2) is 49.1 Å². The Hall–Kier alpha value is -1.57. The van der Waals surface area contributed by atoms with E-state index in [4.69, 9.17) is 4.74 Å². The lowest BCUT2D eigenvalue weighted by atomic mass is 9.89. The Balaban J connectivity index is 1.10. The van der Waals surface area contributed by atoms with Gasteiger partial charge in [0.05, 0.1) is 6.61 Å². The van der Waals surface area contributed by atoms with E-state index < -0.39 is 0 Å². The molecule has 3 nitrogen and oxygen atoms in total. The Labute approximate surface area is 221 Å². The molecule has 0 N–H and O–H groups in total. The first-order valence-electron chi connectivity index (χ1n) is 12.7. The lowest BCUT2D eigenvalue weighted by Gasteiger charge is -2.34. The number of hydrogen-bond donors (Lipinski definition) is 0. The Morgan fingerprint density at radius 2 is 1.66 bits per heavy atom. The highest BCUT2D eigenvalue weighted by atomic mass is 79.9. The van der Waals surface area contributed by atoms with Crippen LogP contribution in [0.3, 0.4) is 0 Å². The van der Waals surface area contributed by atoms with Gasteiger partial charge in [0.15, 0.2) is 0 Å². The van der Waals surface area contributed by atoms with E-state index in [0.717, 1.165) is 49.4 Å². The summed E-state index contributed by atoms with van der Waals surface area (Å²) in [7, 11) is 0. The lowest BCUT2D eigenvalue weighted by molar-refractivity contribution is 0.0542. The molecule has 0 amide bonds. The van der Waals surface area contributed by atoms with Crippen molar-refractivity contribution in [3.8, 4) is 0 Å². The van der Waals surface area contributed by atoms with Gasteiger partial charge in [-0.2, -0.15) is 11.3 Å². The molecule has 0 aliphatic carbocycles. The van der Waals surface area contributed by atoms with E-state index in [9.17, 15) is 4.39 Å². The molecule has 1 aromatic heterocycles. The molecular weight excluding hydrogens is 523 g/mol. The first-order chi connectivity index (χ1) is 17.1. The summed E-state index contributed by atoms with van der Waals surface area (Å²) < 4.78 is 20.2. The summed E-state index contributed by atoms with van der Waals surface area (Å²) in [5, 5.41) is 4.58. The highest BCUT2D eigenvalue weighted by Gasteiger charge is 2.35. The van der Waals surface area contributed by atoms with Gasteiger partial charge >= 0.3 is 0 Å². The molecule has 186 valence electrons. The number of ether oxygens (including phenoxy) is 1. The number of rotatable bonds is 9. The monoisotopic (exact) mass is 556 g/mol. The molecule has 6 heteroatoms. The summed E-state index contributed by atoms with van der Waals surface area (Å²) in [6.45, 7) is 8.20. The zero-order valence-electron chi connectivity index (χ0n) is 20.1. The molecular formula is C29H34BrFN2OS. The fourth-order valence-corrected chi connectivity index (χ4v) is 6.57. The summed E-state index contributed by atoms with van der Waals surface area (Å²) in [5.41, 5.74) is 3.94. The molecule has 5 rings (SSSR count). The van der Waals surface area contributed by atoms with E-state index in [0.29, 0.717) is 24.4 Å². The van der Waals surface area contributed by atoms with Crippen molar-refractivity contribution in [2.45, 2.75) is 31.9 Å². The van der Waals surface area contributed by atoms with Crippen LogP contribution >= 0.6 is 27.3 Å². The SMILES string of the molecule is Fc1ccc(COCC2CCN(CC3CN(Cc4ccc(Br)cc4)CC3c3ccsc3)CC2)cc1. The number of thiophene rings is 1. The van der Waals surface area contributed by atoms with Crippen LogP contribution in [-0.2, 0) is 17.9 Å². The second kappa shape index (κ2) is 12.1. The van der Waals surface area contributed by atoms with Gasteiger partial charge < -0.3 is 9.64 Å². The van der Waals surface area contributed by atoms with E-state index in [1.807, 2.05) is 23.5 Å². The zero-order chi connectivity index (χ0) is 24.0. The number of benzene rings is 2. The van der Waals surface area contributed by atoms with E-state index in [1.165, 1.54) is 42.6 Å². The van der Waals surface area contributed by atoms with Crippen LogP contribution in [0.2, 0.25) is 0 Å². The lowest BCUT2D eigenvalue weighted by Crippen LogP contribution is -2.39. The van der Waals surface area contributed by atoms with Crippen LogP contribution in [0.15, 0.2) is 69.8 Å². The van der Waals surface area contributed by atoms with Crippen LogP contribution < -0.4 is 0 Å². The van der Waals surface area contributed by atoms with Crippen molar-refractivity contribution in [1.82, 2.24) is 9.80 Å². The van der Waals surface area contributed by atoms with Gasteiger partial charge in [-0.1, -0.05) is 40.2 Å². The smallest absolute Gasteiger partial charge is 0.123 e. The first-order valence-corrected chi connectivity index (χ1v) is 14.4. The average Bonchev–Trinajstić information content (AvgIpc) is 3.53. The van der Waals surface area contributed by atoms with Gasteiger partial charge in [-0.05, 0) is 95.5 Å². The largest absolute Gasteiger partial charge is 0.376 e. The molecule has 2 aliphatic rings. The number of piperidine rings is 1. The maximum Gasteiger partial charge on any atom is 0.123 e. The normalized spacial score (nSPS) is 22.1. The molecule has 2 aromatic carbocycles. The summed E-state index contributed by atoms with van der Waals surface area (Å²) in [4.78, 5) is 5.33. The minimum atomic E-state index is -0.193. The Morgan fingerprint density at radius 1 is 0.914 bits per heavy atom. The van der Waals surface area contributed by atoms with Gasteiger partial charge in [0.2, 0.25) is 0 Å². The maximum atomic E-state index is 13.1. The molecule has 2 fully saturated rings. The van der Waals surface area contributed by atoms with Gasteiger partial charge in [-0.25, -0.2) is 4.39 Å². The molecule has 0 radical (unpaired) electrons. The van der Waals surface area contributed by atoms with Crippen molar-refractivity contribution < 1.29 is 9.13 Å². The molecule has 35 heavy (non-hydrogen) atoms. The minimum Gasteiger partial charge on any atom is -0.376 e. The molecule has 2 aliphatic heterocycles. The van der Waals surface area contributed by atoms with Crippen molar-refractivity contribution in [2.24, 2.45) is 11.8 Å². The Kier molecular flexibility index (Phi) is 8.68. The van der Waals surface area contributed by atoms with Gasteiger partial charge in [-0.15, -0.1) is 0 Å². The summed E-state index contributed by atoms with van der Waals surface area (Å²) >= 11 is 5.37. The maximum absolute atomic E-state index is 13.1. The van der Waals surface area contributed by atoms with Crippen LogP contribution in [0.1, 0.15) is 35.4 Å². The third-order valence-electron chi connectivity index (χ3n) is 7.54. The Bertz CT molecular complexity index is 1040. The number of halogens is 2. The molecule has 0 saturated carbocycles. The topological polar surface area (TPSA) is 15.7 Å².